The fourth-order valence-corrected chi connectivity index (χ4v) is 5.62. The molecule has 0 saturated heterocycles. The molecule has 0 atom stereocenters. The van der Waals surface area contributed by atoms with Gasteiger partial charge in [0.25, 0.3) is 5.91 Å². The second-order valence-corrected chi connectivity index (χ2v) is 8.82. The van der Waals surface area contributed by atoms with Gasteiger partial charge >= 0.3 is 6.03 Å². The van der Waals surface area contributed by atoms with Crippen molar-refractivity contribution in [2.24, 2.45) is 0 Å². The number of benzene rings is 2. The van der Waals surface area contributed by atoms with E-state index in [2.05, 4.69) is 74.4 Å². The van der Waals surface area contributed by atoms with E-state index in [1.807, 2.05) is 0 Å². The minimum atomic E-state index is -0.746. The lowest BCUT2D eigenvalue weighted by Gasteiger charge is -2.16. The number of rotatable bonds is 4. The molecule has 144 valence electrons. The lowest BCUT2D eigenvalue weighted by Crippen LogP contribution is -2.35. The van der Waals surface area contributed by atoms with Crippen molar-refractivity contribution in [1.82, 2.24) is 5.32 Å². The number of carbonyl (C=O) groups excluding carboxylic acids is 2. The number of imide groups is 1. The monoisotopic (exact) mass is 646 g/mol. The Morgan fingerprint density at radius 1 is 0.926 bits per heavy atom. The number of anilines is 1. The smallest absolute Gasteiger partial charge is 0.326 e. The van der Waals surface area contributed by atoms with Gasteiger partial charge in [0, 0.05) is 13.4 Å². The summed E-state index contributed by atoms with van der Waals surface area (Å²) in [7, 11) is 2.75. The van der Waals surface area contributed by atoms with Gasteiger partial charge in [0.15, 0.2) is 5.75 Å². The van der Waals surface area contributed by atoms with E-state index in [9.17, 15) is 9.59 Å². The van der Waals surface area contributed by atoms with Crippen LogP contribution in [-0.2, 0) is 0 Å². The highest BCUT2D eigenvalue weighted by Gasteiger charge is 2.25. The van der Waals surface area contributed by atoms with Crippen molar-refractivity contribution in [2.45, 2.75) is 0 Å². The molecule has 0 unspecified atom stereocenters. The first-order chi connectivity index (χ1) is 12.7. The summed E-state index contributed by atoms with van der Waals surface area (Å²) >= 11 is 19.4. The van der Waals surface area contributed by atoms with Gasteiger partial charge in [0.1, 0.15) is 11.3 Å². The molecule has 2 aromatic rings. The van der Waals surface area contributed by atoms with Gasteiger partial charge in [-0.05, 0) is 66.0 Å². The van der Waals surface area contributed by atoms with Crippen molar-refractivity contribution in [3.63, 3.8) is 0 Å². The third-order valence-corrected chi connectivity index (χ3v) is 5.83. The van der Waals surface area contributed by atoms with Gasteiger partial charge in [-0.25, -0.2) is 4.79 Å². The third kappa shape index (κ3) is 5.17. The van der Waals surface area contributed by atoms with Crippen molar-refractivity contribution in [1.29, 1.82) is 0 Å². The van der Waals surface area contributed by atoms with E-state index in [1.165, 1.54) is 20.3 Å². The Morgan fingerprint density at radius 3 is 2.00 bits per heavy atom. The standard InChI is InChI=1S/C16H11Br4ClN2O4/c1-26-13-9(20)5-10(21)14(27-2)11(13)15(24)23-16(25)22-12-7(18)3-6(17)4-8(12)19/h3-5H,1-2H3,(H2,22,23,24,25). The molecule has 2 aromatic carbocycles. The molecule has 0 saturated carbocycles. The molecule has 0 aliphatic rings. The molecule has 0 fully saturated rings. The maximum absolute atomic E-state index is 12.7. The molecule has 2 N–H and O–H groups in total. The molecular weight excluding hydrogens is 639 g/mol. The predicted molar refractivity (Wildman–Crippen MR) is 118 cm³/mol. The Bertz CT molecular complexity index is 873. The molecule has 0 heterocycles. The number of methoxy groups -OCH3 is 2. The average molecular weight is 650 g/mol. The number of hydrogen-bond donors (Lipinski definition) is 2. The van der Waals surface area contributed by atoms with Crippen LogP contribution in [0, 0.1) is 0 Å². The van der Waals surface area contributed by atoms with Gasteiger partial charge in [-0.2, -0.15) is 0 Å². The normalized spacial score (nSPS) is 10.3. The number of carbonyl (C=O) groups is 2. The van der Waals surface area contributed by atoms with Crippen LogP contribution in [0.4, 0.5) is 10.5 Å². The zero-order valence-corrected chi connectivity index (χ0v) is 20.9. The average Bonchev–Trinajstić information content (AvgIpc) is 2.57. The minimum absolute atomic E-state index is 0.0107. The van der Waals surface area contributed by atoms with E-state index in [0.717, 1.165) is 4.47 Å². The third-order valence-electron chi connectivity index (χ3n) is 3.25. The lowest BCUT2D eigenvalue weighted by molar-refractivity contribution is 0.0961. The molecule has 2 rings (SSSR count). The SMILES string of the molecule is COc1c(Cl)cc(Br)c(OC)c1C(=O)NC(=O)Nc1c(Br)cc(Br)cc1Br. The number of nitrogens with one attached hydrogen (secondary N) is 2. The molecule has 3 amide bonds. The second-order valence-electron chi connectivity index (χ2n) is 4.93. The Morgan fingerprint density at radius 2 is 1.48 bits per heavy atom. The second kappa shape index (κ2) is 9.60. The number of ether oxygens (including phenoxy) is 2. The van der Waals surface area contributed by atoms with Gasteiger partial charge in [-0.1, -0.05) is 27.5 Å². The van der Waals surface area contributed by atoms with Crippen LogP contribution in [0.5, 0.6) is 11.5 Å². The van der Waals surface area contributed by atoms with Crippen molar-refractivity contribution < 1.29 is 19.1 Å². The van der Waals surface area contributed by atoms with Gasteiger partial charge < -0.3 is 14.8 Å². The van der Waals surface area contributed by atoms with Crippen LogP contribution in [0.15, 0.2) is 36.1 Å². The first-order valence-corrected chi connectivity index (χ1v) is 10.6. The molecule has 0 aliphatic carbocycles. The summed E-state index contributed by atoms with van der Waals surface area (Å²) in [6.07, 6.45) is 0. The molecule has 0 radical (unpaired) electrons. The van der Waals surface area contributed by atoms with Crippen LogP contribution in [0.2, 0.25) is 5.02 Å². The van der Waals surface area contributed by atoms with E-state index in [0.29, 0.717) is 19.1 Å². The molecule has 0 aromatic heterocycles. The summed E-state index contributed by atoms with van der Waals surface area (Å²) < 4.78 is 12.9. The Labute approximate surface area is 193 Å². The van der Waals surface area contributed by atoms with Gasteiger partial charge in [-0.3, -0.25) is 10.1 Å². The molecule has 6 nitrogen and oxygen atoms in total. The predicted octanol–water partition coefficient (Wildman–Crippen LogP) is 6.37. The quantitative estimate of drug-likeness (QED) is 0.404. The van der Waals surface area contributed by atoms with Crippen LogP contribution in [0.1, 0.15) is 10.4 Å². The maximum atomic E-state index is 12.7. The number of urea groups is 1. The van der Waals surface area contributed by atoms with E-state index < -0.39 is 11.9 Å². The summed E-state index contributed by atoms with van der Waals surface area (Å²) in [5.74, 6) is -0.464. The number of halogens is 5. The van der Waals surface area contributed by atoms with E-state index >= 15 is 0 Å². The Hall–Kier alpha value is -0.810. The minimum Gasteiger partial charge on any atom is -0.495 e. The first-order valence-electron chi connectivity index (χ1n) is 7.06. The van der Waals surface area contributed by atoms with Gasteiger partial charge in [0.05, 0.1) is 29.4 Å². The van der Waals surface area contributed by atoms with Crippen molar-refractivity contribution in [3.05, 3.63) is 46.7 Å². The largest absolute Gasteiger partial charge is 0.495 e. The summed E-state index contributed by atoms with van der Waals surface area (Å²) in [4.78, 5) is 25.0. The summed E-state index contributed by atoms with van der Waals surface area (Å²) in [5.41, 5.74) is 0.443. The van der Waals surface area contributed by atoms with Crippen molar-refractivity contribution >= 4 is 92.9 Å². The van der Waals surface area contributed by atoms with Crippen LogP contribution in [0.3, 0.4) is 0 Å². The number of amides is 3. The molecule has 11 heteroatoms. The molecule has 0 aliphatic heterocycles. The fourth-order valence-electron chi connectivity index (χ4n) is 2.16. The highest BCUT2D eigenvalue weighted by molar-refractivity contribution is 9.11. The summed E-state index contributed by atoms with van der Waals surface area (Å²) in [5, 5.41) is 5.02. The molecule has 0 bridgehead atoms. The summed E-state index contributed by atoms with van der Waals surface area (Å²) in [6.45, 7) is 0. The zero-order valence-electron chi connectivity index (χ0n) is 13.8. The topological polar surface area (TPSA) is 76.7 Å². The van der Waals surface area contributed by atoms with E-state index in [4.69, 9.17) is 21.1 Å². The fraction of sp³-hybridized carbons (Fsp3) is 0.125. The highest BCUT2D eigenvalue weighted by atomic mass is 79.9. The van der Waals surface area contributed by atoms with Crippen LogP contribution < -0.4 is 20.1 Å². The summed E-state index contributed by atoms with van der Waals surface area (Å²) in [6, 6.07) is 4.29. The highest BCUT2D eigenvalue weighted by Crippen LogP contribution is 2.41. The molecule has 27 heavy (non-hydrogen) atoms. The number of hydrogen-bond acceptors (Lipinski definition) is 4. The van der Waals surface area contributed by atoms with Crippen LogP contribution in [0.25, 0.3) is 0 Å². The molecular formula is C16H11Br4ClN2O4. The Balaban J connectivity index is 2.32. The zero-order chi connectivity index (χ0) is 20.3. The van der Waals surface area contributed by atoms with Crippen LogP contribution >= 0.6 is 75.3 Å². The molecule has 0 spiro atoms. The lowest BCUT2D eigenvalue weighted by atomic mass is 10.1. The van der Waals surface area contributed by atoms with Crippen molar-refractivity contribution in [3.8, 4) is 11.5 Å². The van der Waals surface area contributed by atoms with Gasteiger partial charge in [-0.15, -0.1) is 0 Å². The first kappa shape index (κ1) is 22.5. The van der Waals surface area contributed by atoms with Crippen molar-refractivity contribution in [2.75, 3.05) is 19.5 Å². The van der Waals surface area contributed by atoms with E-state index in [-0.39, 0.29) is 22.1 Å². The van der Waals surface area contributed by atoms with Crippen LogP contribution in [-0.4, -0.2) is 26.2 Å². The Kier molecular flexibility index (Phi) is 7.99. The van der Waals surface area contributed by atoms with Gasteiger partial charge in [0.2, 0.25) is 0 Å². The van der Waals surface area contributed by atoms with E-state index in [1.54, 1.807) is 12.1 Å². The maximum Gasteiger partial charge on any atom is 0.326 e.